The summed E-state index contributed by atoms with van der Waals surface area (Å²) >= 11 is 0. The quantitative estimate of drug-likeness (QED) is 0.851. The van der Waals surface area contributed by atoms with Crippen LogP contribution in [0.2, 0.25) is 0 Å². The van der Waals surface area contributed by atoms with Crippen LogP contribution >= 0.6 is 0 Å². The van der Waals surface area contributed by atoms with E-state index in [1.807, 2.05) is 6.20 Å². The molecule has 0 spiro atoms. The van der Waals surface area contributed by atoms with Gasteiger partial charge in [-0.1, -0.05) is 26.3 Å². The lowest BCUT2D eigenvalue weighted by atomic mass is 9.97. The molecule has 0 bridgehead atoms. The molecule has 106 valence electrons. The lowest BCUT2D eigenvalue weighted by molar-refractivity contribution is 0.430. The second-order valence-electron chi connectivity index (χ2n) is 5.40. The maximum absolute atomic E-state index is 4.67. The van der Waals surface area contributed by atoms with Gasteiger partial charge in [0.15, 0.2) is 0 Å². The van der Waals surface area contributed by atoms with Crippen molar-refractivity contribution in [3.05, 3.63) is 23.9 Å². The maximum atomic E-state index is 4.67. The molecule has 1 atom stereocenters. The number of nitrogens with one attached hydrogen (secondary N) is 1. The summed E-state index contributed by atoms with van der Waals surface area (Å²) in [6, 6.07) is 4.95. The van der Waals surface area contributed by atoms with Gasteiger partial charge in [0.25, 0.3) is 0 Å². The first-order valence-electron chi connectivity index (χ1n) is 7.78. The summed E-state index contributed by atoms with van der Waals surface area (Å²) in [5.41, 5.74) is 1.34. The van der Waals surface area contributed by atoms with E-state index >= 15 is 0 Å². The molecule has 0 aromatic carbocycles. The molecule has 1 aromatic heterocycles. The Balaban J connectivity index is 2.17. The SMILES string of the molecule is CCCC1CCCCN1c1ncccc1CNCC. The highest BCUT2D eigenvalue weighted by molar-refractivity contribution is 5.48. The van der Waals surface area contributed by atoms with Crippen molar-refractivity contribution in [1.82, 2.24) is 10.3 Å². The standard InChI is InChI=1S/C16H27N3/c1-3-8-15-10-5-6-12-19(15)16-14(13-17-4-2)9-7-11-18-16/h7,9,11,15,17H,3-6,8,10,12-13H2,1-2H3. The van der Waals surface area contributed by atoms with Gasteiger partial charge in [0.05, 0.1) is 0 Å². The molecule has 1 aliphatic rings. The van der Waals surface area contributed by atoms with E-state index < -0.39 is 0 Å². The van der Waals surface area contributed by atoms with Gasteiger partial charge in [0.2, 0.25) is 0 Å². The van der Waals surface area contributed by atoms with Crippen LogP contribution in [-0.2, 0) is 6.54 Å². The van der Waals surface area contributed by atoms with Crippen LogP contribution in [0.25, 0.3) is 0 Å². The van der Waals surface area contributed by atoms with E-state index in [4.69, 9.17) is 0 Å². The molecule has 1 saturated heterocycles. The molecule has 0 radical (unpaired) electrons. The summed E-state index contributed by atoms with van der Waals surface area (Å²) in [4.78, 5) is 7.23. The maximum Gasteiger partial charge on any atom is 0.133 e. The largest absolute Gasteiger partial charge is 0.353 e. The van der Waals surface area contributed by atoms with E-state index in [0.29, 0.717) is 6.04 Å². The van der Waals surface area contributed by atoms with Crippen molar-refractivity contribution < 1.29 is 0 Å². The van der Waals surface area contributed by atoms with Gasteiger partial charge in [-0.25, -0.2) is 4.98 Å². The van der Waals surface area contributed by atoms with Crippen LogP contribution in [0, 0.1) is 0 Å². The third-order valence-electron chi connectivity index (χ3n) is 3.95. The van der Waals surface area contributed by atoms with Crippen LogP contribution in [0.5, 0.6) is 0 Å². The average Bonchev–Trinajstić information content (AvgIpc) is 2.46. The average molecular weight is 261 g/mol. The molecule has 0 saturated carbocycles. The Kier molecular flexibility index (Phi) is 5.64. The van der Waals surface area contributed by atoms with Crippen LogP contribution in [-0.4, -0.2) is 24.1 Å². The van der Waals surface area contributed by atoms with Crippen molar-refractivity contribution >= 4 is 5.82 Å². The Labute approximate surface area is 117 Å². The van der Waals surface area contributed by atoms with Gasteiger partial charge < -0.3 is 10.2 Å². The van der Waals surface area contributed by atoms with Crippen LogP contribution in [0.4, 0.5) is 5.82 Å². The van der Waals surface area contributed by atoms with Gasteiger partial charge in [-0.3, -0.25) is 0 Å². The summed E-state index contributed by atoms with van der Waals surface area (Å²) in [6.45, 7) is 7.53. The molecule has 2 heterocycles. The number of anilines is 1. The predicted octanol–water partition coefficient (Wildman–Crippen LogP) is 3.35. The molecule has 3 nitrogen and oxygen atoms in total. The molecular weight excluding hydrogens is 234 g/mol. The lowest BCUT2D eigenvalue weighted by Crippen LogP contribution is -2.40. The highest BCUT2D eigenvalue weighted by atomic mass is 15.2. The summed E-state index contributed by atoms with van der Waals surface area (Å²) in [6.07, 6.45) is 8.48. The molecule has 1 fully saturated rings. The molecule has 1 aliphatic heterocycles. The third-order valence-corrected chi connectivity index (χ3v) is 3.95. The van der Waals surface area contributed by atoms with Crippen LogP contribution in [0.3, 0.4) is 0 Å². The zero-order valence-electron chi connectivity index (χ0n) is 12.4. The van der Waals surface area contributed by atoms with Gasteiger partial charge in [-0.2, -0.15) is 0 Å². The number of nitrogens with zero attached hydrogens (tertiary/aromatic N) is 2. The highest BCUT2D eigenvalue weighted by Crippen LogP contribution is 2.28. The van der Waals surface area contributed by atoms with Crippen LogP contribution in [0.1, 0.15) is 51.5 Å². The molecule has 0 amide bonds. The van der Waals surface area contributed by atoms with E-state index in [1.54, 1.807) is 0 Å². The topological polar surface area (TPSA) is 28.2 Å². The monoisotopic (exact) mass is 261 g/mol. The van der Waals surface area contributed by atoms with E-state index in [1.165, 1.54) is 50.0 Å². The van der Waals surface area contributed by atoms with Crippen molar-refractivity contribution in [2.75, 3.05) is 18.0 Å². The molecule has 19 heavy (non-hydrogen) atoms. The fraction of sp³-hybridized carbons (Fsp3) is 0.688. The minimum absolute atomic E-state index is 0.689. The van der Waals surface area contributed by atoms with Gasteiger partial charge in [-0.15, -0.1) is 0 Å². The van der Waals surface area contributed by atoms with Gasteiger partial charge >= 0.3 is 0 Å². The Morgan fingerprint density at radius 2 is 2.26 bits per heavy atom. The van der Waals surface area contributed by atoms with E-state index in [0.717, 1.165) is 13.1 Å². The molecule has 1 aromatic rings. The van der Waals surface area contributed by atoms with E-state index in [9.17, 15) is 0 Å². The zero-order chi connectivity index (χ0) is 13.5. The fourth-order valence-corrected chi connectivity index (χ4v) is 3.00. The van der Waals surface area contributed by atoms with E-state index in [-0.39, 0.29) is 0 Å². The lowest BCUT2D eigenvalue weighted by Gasteiger charge is -2.37. The van der Waals surface area contributed by atoms with E-state index in [2.05, 4.69) is 41.2 Å². The van der Waals surface area contributed by atoms with Gasteiger partial charge in [0, 0.05) is 30.9 Å². The van der Waals surface area contributed by atoms with Crippen molar-refractivity contribution in [3.8, 4) is 0 Å². The third kappa shape index (κ3) is 3.69. The van der Waals surface area contributed by atoms with Crippen LogP contribution in [0.15, 0.2) is 18.3 Å². The second kappa shape index (κ2) is 7.49. The van der Waals surface area contributed by atoms with Crippen molar-refractivity contribution in [2.24, 2.45) is 0 Å². The van der Waals surface area contributed by atoms with Gasteiger partial charge in [0.1, 0.15) is 5.82 Å². The molecule has 2 rings (SSSR count). The van der Waals surface area contributed by atoms with Crippen molar-refractivity contribution in [3.63, 3.8) is 0 Å². The first kappa shape index (κ1) is 14.3. The summed E-state index contributed by atoms with van der Waals surface area (Å²) < 4.78 is 0. The Bertz CT molecular complexity index is 376. The Morgan fingerprint density at radius 1 is 1.37 bits per heavy atom. The predicted molar refractivity (Wildman–Crippen MR) is 81.5 cm³/mol. The second-order valence-corrected chi connectivity index (χ2v) is 5.40. The minimum Gasteiger partial charge on any atom is -0.353 e. The summed E-state index contributed by atoms with van der Waals surface area (Å²) in [5.74, 6) is 1.21. The Morgan fingerprint density at radius 3 is 3.05 bits per heavy atom. The van der Waals surface area contributed by atoms with Gasteiger partial charge in [-0.05, 0) is 38.3 Å². The first-order valence-corrected chi connectivity index (χ1v) is 7.78. The van der Waals surface area contributed by atoms with Crippen LogP contribution < -0.4 is 10.2 Å². The molecule has 1 unspecified atom stereocenters. The van der Waals surface area contributed by atoms with Crippen molar-refractivity contribution in [1.29, 1.82) is 0 Å². The number of hydrogen-bond acceptors (Lipinski definition) is 3. The molecular formula is C16H27N3. The summed E-state index contributed by atoms with van der Waals surface area (Å²) in [5, 5.41) is 3.42. The minimum atomic E-state index is 0.689. The normalized spacial score (nSPS) is 19.7. The molecule has 0 aliphatic carbocycles. The number of pyridine rings is 1. The van der Waals surface area contributed by atoms with Crippen molar-refractivity contribution in [2.45, 2.75) is 58.5 Å². The molecule has 3 heteroatoms. The Hall–Kier alpha value is -1.09. The molecule has 1 N–H and O–H groups in total. The highest BCUT2D eigenvalue weighted by Gasteiger charge is 2.24. The number of hydrogen-bond donors (Lipinski definition) is 1. The summed E-state index contributed by atoms with van der Waals surface area (Å²) in [7, 11) is 0. The zero-order valence-corrected chi connectivity index (χ0v) is 12.4. The first-order chi connectivity index (χ1) is 9.36. The number of piperidine rings is 1. The smallest absolute Gasteiger partial charge is 0.133 e. The fourth-order valence-electron chi connectivity index (χ4n) is 3.00. The number of aromatic nitrogens is 1. The number of rotatable bonds is 6.